The number of rotatable bonds is 1. The van der Waals surface area contributed by atoms with Crippen LogP contribution in [0.2, 0.25) is 0 Å². The van der Waals surface area contributed by atoms with E-state index in [4.69, 9.17) is 25.3 Å². The molecule has 30 heavy (non-hydrogen) atoms. The van der Waals surface area contributed by atoms with Gasteiger partial charge in [-0.15, -0.1) is 25.3 Å². The molecule has 0 radical (unpaired) electrons. The second-order valence-corrected chi connectivity index (χ2v) is 8.52. The summed E-state index contributed by atoms with van der Waals surface area (Å²) in [5.74, 6) is 0. The van der Waals surface area contributed by atoms with Gasteiger partial charge in [-0.25, -0.2) is 0 Å². The van der Waals surface area contributed by atoms with Crippen LogP contribution in [0.1, 0.15) is 0 Å². The first kappa shape index (κ1) is 17.9. The van der Waals surface area contributed by atoms with Gasteiger partial charge in [-0.05, 0) is 43.1 Å². The van der Waals surface area contributed by atoms with Crippen molar-refractivity contribution in [2.24, 2.45) is 0 Å². The molecule has 0 saturated carbocycles. The van der Waals surface area contributed by atoms with Crippen molar-refractivity contribution in [3.05, 3.63) is 97.1 Å². The maximum atomic E-state index is 5.08. The van der Waals surface area contributed by atoms with Crippen molar-refractivity contribution in [3.8, 4) is 11.1 Å². The van der Waals surface area contributed by atoms with E-state index in [1.807, 2.05) is 0 Å². The number of hydrogen-bond acceptors (Lipinski definition) is 2. The van der Waals surface area contributed by atoms with Crippen LogP contribution in [0.3, 0.4) is 0 Å². The van der Waals surface area contributed by atoms with E-state index in [0.717, 1.165) is 20.9 Å². The van der Waals surface area contributed by atoms with Gasteiger partial charge in [-0.1, -0.05) is 97.1 Å². The van der Waals surface area contributed by atoms with E-state index in [-0.39, 0.29) is 0 Å². The molecule has 0 saturated heterocycles. The summed E-state index contributed by atoms with van der Waals surface area (Å²) in [5.41, 5.74) is 2.30. The minimum Gasteiger partial charge on any atom is -0.142 e. The van der Waals surface area contributed by atoms with Gasteiger partial charge in [0.05, 0.1) is 0 Å². The second kappa shape index (κ2) is 6.80. The van der Waals surface area contributed by atoms with E-state index in [1.54, 1.807) is 0 Å². The molecule has 0 aromatic heterocycles. The van der Waals surface area contributed by atoms with Crippen LogP contribution in [-0.4, -0.2) is 0 Å². The molecule has 2 heteroatoms. The molecule has 0 fully saturated rings. The van der Waals surface area contributed by atoms with E-state index in [1.165, 1.54) is 43.1 Å². The zero-order valence-electron chi connectivity index (χ0n) is 16.1. The Hall–Kier alpha value is -2.94. The number of thiol groups is 2. The molecule has 0 N–H and O–H groups in total. The van der Waals surface area contributed by atoms with E-state index < -0.39 is 0 Å². The van der Waals surface area contributed by atoms with Gasteiger partial charge in [0, 0.05) is 20.9 Å². The van der Waals surface area contributed by atoms with Crippen molar-refractivity contribution < 1.29 is 0 Å². The molecule has 0 aliphatic heterocycles. The quantitative estimate of drug-likeness (QED) is 0.194. The third kappa shape index (κ3) is 2.44. The normalized spacial score (nSPS) is 11.7. The topological polar surface area (TPSA) is 0 Å². The van der Waals surface area contributed by atoms with Crippen molar-refractivity contribution in [2.75, 3.05) is 0 Å². The minimum absolute atomic E-state index is 1.00. The lowest BCUT2D eigenvalue weighted by molar-refractivity contribution is 1.51. The maximum absolute atomic E-state index is 5.08. The Balaban J connectivity index is 1.92. The number of benzene rings is 6. The van der Waals surface area contributed by atoms with Crippen LogP contribution in [0.5, 0.6) is 0 Å². The summed E-state index contributed by atoms with van der Waals surface area (Å²) >= 11 is 10.2. The van der Waals surface area contributed by atoms with Crippen molar-refractivity contribution in [1.29, 1.82) is 0 Å². The summed E-state index contributed by atoms with van der Waals surface area (Å²) in [6, 6.07) is 34.3. The fourth-order valence-electron chi connectivity index (χ4n) is 4.75. The lowest BCUT2D eigenvalue weighted by Crippen LogP contribution is -1.92. The van der Waals surface area contributed by atoms with Crippen molar-refractivity contribution in [2.45, 2.75) is 9.79 Å². The molecule has 0 heterocycles. The van der Waals surface area contributed by atoms with E-state index in [2.05, 4.69) is 97.1 Å². The molecule has 6 aromatic carbocycles. The summed E-state index contributed by atoms with van der Waals surface area (Å²) < 4.78 is 0. The lowest BCUT2D eigenvalue weighted by atomic mass is 9.88. The highest BCUT2D eigenvalue weighted by Crippen LogP contribution is 2.47. The van der Waals surface area contributed by atoms with E-state index in [9.17, 15) is 0 Å². The number of fused-ring (bicyclic) bond motifs is 6. The largest absolute Gasteiger partial charge is 0.142 e. The molecular weight excluding hydrogens is 400 g/mol. The Morgan fingerprint density at radius 3 is 0.867 bits per heavy atom. The predicted octanol–water partition coefficient (Wildman–Crippen LogP) is 8.54. The maximum Gasteiger partial charge on any atom is 0.0204 e. The van der Waals surface area contributed by atoms with Gasteiger partial charge in [-0.3, -0.25) is 0 Å². The highest BCUT2D eigenvalue weighted by atomic mass is 32.1. The van der Waals surface area contributed by atoms with Gasteiger partial charge in [0.1, 0.15) is 0 Å². The first-order valence-corrected chi connectivity index (χ1v) is 10.9. The molecule has 0 amide bonds. The predicted molar refractivity (Wildman–Crippen MR) is 136 cm³/mol. The van der Waals surface area contributed by atoms with Crippen molar-refractivity contribution in [3.63, 3.8) is 0 Å². The molecule has 0 bridgehead atoms. The molecule has 0 unspecified atom stereocenters. The molecular formula is C28H18S2. The Bertz CT molecular complexity index is 1490. The SMILES string of the molecule is Sc1c(-c2c(S)c3ccccc3c3ccccc23)c2ccccc2c2ccccc12. The van der Waals surface area contributed by atoms with Crippen molar-refractivity contribution in [1.82, 2.24) is 0 Å². The molecule has 142 valence electrons. The van der Waals surface area contributed by atoms with Gasteiger partial charge in [0.15, 0.2) is 0 Å². The fraction of sp³-hybridized carbons (Fsp3) is 0. The second-order valence-electron chi connectivity index (χ2n) is 7.63. The Kier molecular flexibility index (Phi) is 4.05. The summed E-state index contributed by atoms with van der Waals surface area (Å²) in [6.07, 6.45) is 0. The van der Waals surface area contributed by atoms with Crippen LogP contribution in [0, 0.1) is 0 Å². The monoisotopic (exact) mass is 418 g/mol. The molecule has 0 aliphatic carbocycles. The molecule has 0 aliphatic rings. The average molecular weight is 419 g/mol. The van der Waals surface area contributed by atoms with Crippen molar-refractivity contribution >= 4 is 68.3 Å². The zero-order valence-corrected chi connectivity index (χ0v) is 17.9. The van der Waals surface area contributed by atoms with Crippen LogP contribution in [-0.2, 0) is 0 Å². The Morgan fingerprint density at radius 1 is 0.300 bits per heavy atom. The average Bonchev–Trinajstić information content (AvgIpc) is 2.81. The summed E-state index contributed by atoms with van der Waals surface area (Å²) in [7, 11) is 0. The Morgan fingerprint density at radius 2 is 0.533 bits per heavy atom. The van der Waals surface area contributed by atoms with Gasteiger partial charge >= 0.3 is 0 Å². The zero-order chi connectivity index (χ0) is 20.2. The molecule has 0 nitrogen and oxygen atoms in total. The summed E-state index contributed by atoms with van der Waals surface area (Å²) in [6.45, 7) is 0. The van der Waals surface area contributed by atoms with Gasteiger partial charge in [-0.2, -0.15) is 0 Å². The minimum atomic E-state index is 1.00. The van der Waals surface area contributed by atoms with Gasteiger partial charge in [0.25, 0.3) is 0 Å². The highest BCUT2D eigenvalue weighted by molar-refractivity contribution is 7.81. The highest BCUT2D eigenvalue weighted by Gasteiger charge is 2.19. The van der Waals surface area contributed by atoms with E-state index in [0.29, 0.717) is 0 Å². The van der Waals surface area contributed by atoms with Crippen LogP contribution >= 0.6 is 25.3 Å². The number of hydrogen-bond donors (Lipinski definition) is 2. The molecule has 6 rings (SSSR count). The van der Waals surface area contributed by atoms with Gasteiger partial charge < -0.3 is 0 Å². The Labute approximate surface area is 186 Å². The van der Waals surface area contributed by atoms with Crippen LogP contribution in [0.25, 0.3) is 54.2 Å². The molecule has 0 spiro atoms. The lowest BCUT2D eigenvalue weighted by Gasteiger charge is -2.19. The fourth-order valence-corrected chi connectivity index (χ4v) is 5.61. The standard InChI is InChI=1S/C28H18S2/c29-27-23-15-7-3-11-19(23)17-9-1-5-13-21(17)25(27)26-22-14-6-2-10-18(22)20-12-4-8-16-24(20)28(26)30/h1-16,29-30H. The molecule has 0 atom stereocenters. The van der Waals surface area contributed by atoms with Crippen LogP contribution in [0.4, 0.5) is 0 Å². The van der Waals surface area contributed by atoms with E-state index >= 15 is 0 Å². The summed E-state index contributed by atoms with van der Waals surface area (Å²) in [4.78, 5) is 2.00. The first-order chi connectivity index (χ1) is 14.8. The molecule has 6 aromatic rings. The third-order valence-corrected chi connectivity index (χ3v) is 6.99. The third-order valence-electron chi connectivity index (χ3n) is 6.06. The van der Waals surface area contributed by atoms with Gasteiger partial charge in [0.2, 0.25) is 0 Å². The first-order valence-electron chi connectivity index (χ1n) is 10.0. The van der Waals surface area contributed by atoms with Crippen LogP contribution < -0.4 is 0 Å². The van der Waals surface area contributed by atoms with Crippen LogP contribution in [0.15, 0.2) is 107 Å². The summed E-state index contributed by atoms with van der Waals surface area (Å²) in [5, 5.41) is 9.69. The smallest absolute Gasteiger partial charge is 0.0204 e.